The van der Waals surface area contributed by atoms with Crippen molar-refractivity contribution in [3.63, 3.8) is 0 Å². The maximum atomic E-state index is 9.75. The summed E-state index contributed by atoms with van der Waals surface area (Å²) in [6.45, 7) is 7.30. The molecule has 0 fully saturated rings. The summed E-state index contributed by atoms with van der Waals surface area (Å²) < 4.78 is 128. The molecule has 4 N–H and O–H groups in total. The number of ether oxygens (including phenoxy) is 8. The molecule has 0 saturated carbocycles. The number of benzene rings is 2. The lowest BCUT2D eigenvalue weighted by molar-refractivity contribution is -0.778. The fraction of sp³-hybridized carbons (Fsp3) is 0.389. The maximum Gasteiger partial charge on any atom is 0.673 e. The number of pyridine rings is 2. The molecule has 4 aromatic rings. The third-order valence-corrected chi connectivity index (χ3v) is 6.83. The van der Waals surface area contributed by atoms with Gasteiger partial charge >= 0.3 is 14.5 Å². The van der Waals surface area contributed by atoms with Crippen molar-refractivity contribution in [1.82, 2.24) is 0 Å². The normalized spacial score (nSPS) is 15.0. The molecule has 0 radical (unpaired) electrons. The first-order valence-corrected chi connectivity index (χ1v) is 17.9. The molecule has 0 spiro atoms. The van der Waals surface area contributed by atoms with E-state index in [0.29, 0.717) is 102 Å². The monoisotopic (exact) mass is 838 g/mol. The van der Waals surface area contributed by atoms with Gasteiger partial charge in [0.15, 0.2) is 47.8 Å². The predicted octanol–water partition coefficient (Wildman–Crippen LogP) is 5.71. The second-order valence-electron chi connectivity index (χ2n) is 11.5. The Balaban J connectivity index is 0.000000366. The predicted molar refractivity (Wildman–Crippen MR) is 201 cm³/mol. The molecule has 0 saturated heterocycles. The first kappa shape index (κ1) is 49.1. The standard InChI is InChI=1S/C24H32O8.C12H14N4.2BF4/c1-2-6-22-21(5-1)29-17-13-25-9-10-27-15-19-31-23-7-3-4-8-24(23)32-20-16-28-12-11-26-14-18-30-22;13-11-1-5-15(6-2-11)9-10-16-7-3-12(14)4-8-16;2*2-1(3,4)5/h1-8H,9-20H2;1-8,13-14H,9-10H2;;/q;;2*-1/p+2. The Bertz CT molecular complexity index is 1460. The van der Waals surface area contributed by atoms with Gasteiger partial charge in [-0.1, -0.05) is 24.3 Å². The molecule has 2 aromatic heterocycles. The minimum atomic E-state index is -6.00. The molecule has 3 heterocycles. The zero-order chi connectivity index (χ0) is 42.5. The Labute approximate surface area is 331 Å². The van der Waals surface area contributed by atoms with Crippen LogP contribution in [0.5, 0.6) is 23.0 Å². The van der Waals surface area contributed by atoms with Crippen molar-refractivity contribution in [1.29, 1.82) is 0 Å². The number of nitrogens with zero attached hydrogens (tertiary/aromatic N) is 2. The van der Waals surface area contributed by atoms with E-state index in [1.54, 1.807) is 0 Å². The van der Waals surface area contributed by atoms with Crippen LogP contribution in [-0.2, 0) is 32.0 Å². The first-order chi connectivity index (χ1) is 27.7. The number of aryl methyl sites for hydroxylation is 2. The van der Waals surface area contributed by atoms with Crippen LogP contribution in [0.3, 0.4) is 0 Å². The van der Waals surface area contributed by atoms with E-state index in [9.17, 15) is 34.5 Å². The number of hydrogen-bond donors (Lipinski definition) is 2. The van der Waals surface area contributed by atoms with Gasteiger partial charge in [-0.25, -0.2) is 0 Å². The van der Waals surface area contributed by atoms with Gasteiger partial charge in [0.05, 0.1) is 52.9 Å². The molecule has 12 nitrogen and oxygen atoms in total. The molecule has 0 bridgehead atoms. The summed E-state index contributed by atoms with van der Waals surface area (Å²) in [6.07, 6.45) is 7.92. The van der Waals surface area contributed by atoms with Crippen LogP contribution in [0, 0.1) is 0 Å². The van der Waals surface area contributed by atoms with Crippen molar-refractivity contribution >= 4 is 25.9 Å². The number of fused-ring (bicyclic) bond motifs is 2. The van der Waals surface area contributed by atoms with Gasteiger partial charge in [-0.05, 0) is 24.3 Å². The average molecular weight is 838 g/mol. The quantitative estimate of drug-likeness (QED) is 0.150. The van der Waals surface area contributed by atoms with Crippen LogP contribution in [-0.4, -0.2) is 93.8 Å². The zero-order valence-corrected chi connectivity index (χ0v) is 31.6. The molecule has 5 rings (SSSR count). The van der Waals surface area contributed by atoms with Gasteiger partial charge in [-0.15, -0.1) is 0 Å². The van der Waals surface area contributed by atoms with E-state index in [1.807, 2.05) is 97.6 Å². The Hall–Kier alpha value is -5.05. The number of rotatable bonds is 3. The van der Waals surface area contributed by atoms with Crippen LogP contribution in [0.1, 0.15) is 0 Å². The Morgan fingerprint density at radius 3 is 0.810 bits per heavy atom. The molecule has 1 aliphatic heterocycles. The SMILES string of the molecule is F[B-](F)(F)F.F[B-](F)(F)F.Nc1cc[n+](CC[n+]2ccc(N)cc2)cc1.c1ccc2c(c1)OCCOCCOCCOc1ccccc1OCCOCCOCCO2. The van der Waals surface area contributed by atoms with E-state index in [0.717, 1.165) is 24.5 Å². The molecule has 58 heavy (non-hydrogen) atoms. The van der Waals surface area contributed by atoms with Crippen molar-refractivity contribution < 1.29 is 81.6 Å². The van der Waals surface area contributed by atoms with Gasteiger partial charge in [0.1, 0.15) is 26.4 Å². The van der Waals surface area contributed by atoms with E-state index in [2.05, 4.69) is 9.13 Å². The van der Waals surface area contributed by atoms with Gasteiger partial charge in [0.25, 0.3) is 0 Å². The summed E-state index contributed by atoms with van der Waals surface area (Å²) in [4.78, 5) is 0. The molecule has 2 aromatic carbocycles. The second-order valence-corrected chi connectivity index (χ2v) is 11.5. The molecule has 22 heteroatoms. The molecular formula is C36H48B2F8N4O8. The smallest absolute Gasteiger partial charge is 0.487 e. The van der Waals surface area contributed by atoms with Crippen LogP contribution in [0.15, 0.2) is 97.6 Å². The fourth-order valence-electron chi connectivity index (χ4n) is 4.33. The van der Waals surface area contributed by atoms with E-state index >= 15 is 0 Å². The third kappa shape index (κ3) is 27.5. The van der Waals surface area contributed by atoms with Crippen molar-refractivity contribution in [2.24, 2.45) is 0 Å². The van der Waals surface area contributed by atoms with Crippen molar-refractivity contribution in [2.45, 2.75) is 13.1 Å². The van der Waals surface area contributed by atoms with Crippen LogP contribution < -0.4 is 39.5 Å². The molecule has 1 aliphatic rings. The van der Waals surface area contributed by atoms with Gasteiger partial charge in [0.2, 0.25) is 13.1 Å². The average Bonchev–Trinajstić information content (AvgIpc) is 3.16. The lowest BCUT2D eigenvalue weighted by Crippen LogP contribution is -2.43. The fourth-order valence-corrected chi connectivity index (χ4v) is 4.33. The summed E-state index contributed by atoms with van der Waals surface area (Å²) >= 11 is 0. The summed E-state index contributed by atoms with van der Waals surface area (Å²) in [5, 5.41) is 0. The number of para-hydroxylation sites is 4. The highest BCUT2D eigenvalue weighted by molar-refractivity contribution is 6.50. The van der Waals surface area contributed by atoms with Gasteiger partial charge in [0, 0.05) is 35.6 Å². The summed E-state index contributed by atoms with van der Waals surface area (Å²) in [6, 6.07) is 22.7. The maximum absolute atomic E-state index is 9.75. The highest BCUT2D eigenvalue weighted by Gasteiger charge is 2.21. The van der Waals surface area contributed by atoms with Crippen molar-refractivity contribution in [2.75, 3.05) is 90.7 Å². The van der Waals surface area contributed by atoms with Crippen molar-refractivity contribution in [3.8, 4) is 23.0 Å². The van der Waals surface area contributed by atoms with E-state index in [-0.39, 0.29) is 0 Å². The summed E-state index contributed by atoms with van der Waals surface area (Å²) in [5.41, 5.74) is 12.8. The van der Waals surface area contributed by atoms with Gasteiger partial charge in [-0.3, -0.25) is 0 Å². The number of aromatic nitrogens is 2. The van der Waals surface area contributed by atoms with Gasteiger partial charge < -0.3 is 83.9 Å². The van der Waals surface area contributed by atoms with Crippen LogP contribution in [0.2, 0.25) is 0 Å². The number of anilines is 2. The Morgan fingerprint density at radius 2 is 0.586 bits per heavy atom. The van der Waals surface area contributed by atoms with E-state index in [1.165, 1.54) is 0 Å². The highest BCUT2D eigenvalue weighted by Crippen LogP contribution is 2.27. The molecule has 0 aliphatic carbocycles. The Morgan fingerprint density at radius 1 is 0.379 bits per heavy atom. The van der Waals surface area contributed by atoms with E-state index in [4.69, 9.17) is 49.4 Å². The van der Waals surface area contributed by atoms with Gasteiger partial charge in [-0.2, -0.15) is 9.13 Å². The summed E-state index contributed by atoms with van der Waals surface area (Å²) in [5.74, 6) is 2.73. The van der Waals surface area contributed by atoms with Crippen LogP contribution in [0.4, 0.5) is 45.9 Å². The molecular weight excluding hydrogens is 790 g/mol. The molecule has 322 valence electrons. The highest BCUT2D eigenvalue weighted by atomic mass is 19.5. The molecule has 0 unspecified atom stereocenters. The minimum Gasteiger partial charge on any atom is -0.487 e. The lowest BCUT2D eigenvalue weighted by Gasteiger charge is -2.14. The topological polar surface area (TPSA) is 134 Å². The minimum absolute atomic E-state index is 0.425. The Kier molecular flexibility index (Phi) is 24.0. The first-order valence-electron chi connectivity index (χ1n) is 17.9. The van der Waals surface area contributed by atoms with E-state index < -0.39 is 14.5 Å². The third-order valence-electron chi connectivity index (χ3n) is 6.83. The van der Waals surface area contributed by atoms with Crippen LogP contribution >= 0.6 is 0 Å². The number of hydrogen-bond acceptors (Lipinski definition) is 10. The lowest BCUT2D eigenvalue weighted by atomic mass is 10.3. The molecule has 0 amide bonds. The summed E-state index contributed by atoms with van der Waals surface area (Å²) in [7, 11) is -12.0. The zero-order valence-electron chi connectivity index (χ0n) is 31.6. The van der Waals surface area contributed by atoms with Crippen molar-refractivity contribution in [3.05, 3.63) is 97.6 Å². The number of nitrogen functional groups attached to an aromatic ring is 2. The largest absolute Gasteiger partial charge is 0.673 e. The molecule has 0 atom stereocenters. The number of nitrogens with two attached hydrogens (primary N) is 2. The second kappa shape index (κ2) is 28.4. The number of halogens is 8. The van der Waals surface area contributed by atoms with Crippen LogP contribution in [0.25, 0.3) is 0 Å².